The lowest BCUT2D eigenvalue weighted by molar-refractivity contribution is 0.0691. The van der Waals surface area contributed by atoms with Crippen molar-refractivity contribution in [3.63, 3.8) is 0 Å². The molecule has 1 aliphatic rings. The Labute approximate surface area is 126 Å². The molecule has 2 amide bonds. The summed E-state index contributed by atoms with van der Waals surface area (Å²) in [6.45, 7) is 4.42. The van der Waals surface area contributed by atoms with E-state index in [0.29, 0.717) is 5.01 Å². The minimum Gasteiger partial charge on any atom is -0.476 e. The van der Waals surface area contributed by atoms with Crippen LogP contribution in [0, 0.1) is 0 Å². The van der Waals surface area contributed by atoms with E-state index in [0.717, 1.165) is 19.4 Å². The van der Waals surface area contributed by atoms with Crippen LogP contribution >= 0.6 is 11.3 Å². The average molecular weight is 313 g/mol. The SMILES string of the molecule is CC(NC(=O)NC(C)C1CCCO1)c1nc(C(=O)O)cs1. The second-order valence-electron chi connectivity index (χ2n) is 5.06. The summed E-state index contributed by atoms with van der Waals surface area (Å²) in [5, 5.41) is 16.4. The average Bonchev–Trinajstić information content (AvgIpc) is 3.10. The summed E-state index contributed by atoms with van der Waals surface area (Å²) in [5.74, 6) is -1.07. The van der Waals surface area contributed by atoms with E-state index in [1.807, 2.05) is 6.92 Å². The third-order valence-corrected chi connectivity index (χ3v) is 4.37. The molecule has 3 N–H and O–H groups in total. The third-order valence-electron chi connectivity index (χ3n) is 3.34. The lowest BCUT2D eigenvalue weighted by Gasteiger charge is -2.21. The second-order valence-corrected chi connectivity index (χ2v) is 5.95. The van der Waals surface area contributed by atoms with Gasteiger partial charge in [0.1, 0.15) is 5.01 Å². The van der Waals surface area contributed by atoms with Crippen LogP contribution in [0.5, 0.6) is 0 Å². The van der Waals surface area contributed by atoms with Crippen molar-refractivity contribution in [1.29, 1.82) is 0 Å². The highest BCUT2D eigenvalue weighted by atomic mass is 32.1. The van der Waals surface area contributed by atoms with Crippen LogP contribution in [0.1, 0.15) is 48.2 Å². The lowest BCUT2D eigenvalue weighted by Crippen LogP contribution is -2.46. The second kappa shape index (κ2) is 6.86. The molecule has 8 heteroatoms. The van der Waals surface area contributed by atoms with Gasteiger partial charge in [-0.25, -0.2) is 14.6 Å². The molecule has 2 heterocycles. The number of ether oxygens (including phenoxy) is 1. The Kier molecular flexibility index (Phi) is 5.13. The Bertz CT molecular complexity index is 513. The summed E-state index contributed by atoms with van der Waals surface area (Å²) in [7, 11) is 0. The van der Waals surface area contributed by atoms with Gasteiger partial charge >= 0.3 is 12.0 Å². The molecule has 2 rings (SSSR count). The molecule has 0 radical (unpaired) electrons. The summed E-state index contributed by atoms with van der Waals surface area (Å²) < 4.78 is 5.52. The van der Waals surface area contributed by atoms with Crippen molar-refractivity contribution in [2.45, 2.75) is 44.9 Å². The molecule has 7 nitrogen and oxygen atoms in total. The van der Waals surface area contributed by atoms with E-state index in [1.54, 1.807) is 6.92 Å². The van der Waals surface area contributed by atoms with Gasteiger partial charge in [-0.1, -0.05) is 0 Å². The van der Waals surface area contributed by atoms with Crippen LogP contribution in [0.25, 0.3) is 0 Å². The molecule has 1 saturated heterocycles. The predicted octanol–water partition coefficient (Wildman–Crippen LogP) is 1.77. The van der Waals surface area contributed by atoms with Gasteiger partial charge in [0.2, 0.25) is 0 Å². The molecule has 1 aliphatic heterocycles. The Morgan fingerprint density at radius 2 is 2.24 bits per heavy atom. The Hall–Kier alpha value is -1.67. The monoisotopic (exact) mass is 313 g/mol. The number of carbonyl (C=O) groups is 2. The quantitative estimate of drug-likeness (QED) is 0.769. The van der Waals surface area contributed by atoms with Crippen molar-refractivity contribution in [2.75, 3.05) is 6.61 Å². The summed E-state index contributed by atoms with van der Waals surface area (Å²) in [5.41, 5.74) is -0.00298. The van der Waals surface area contributed by atoms with Crippen molar-refractivity contribution in [1.82, 2.24) is 15.6 Å². The molecule has 3 atom stereocenters. The Morgan fingerprint density at radius 1 is 1.48 bits per heavy atom. The third kappa shape index (κ3) is 4.15. The first-order chi connectivity index (χ1) is 9.97. The highest BCUT2D eigenvalue weighted by molar-refractivity contribution is 7.09. The molecule has 116 valence electrons. The number of nitrogens with zero attached hydrogens (tertiary/aromatic N) is 1. The largest absolute Gasteiger partial charge is 0.476 e. The van der Waals surface area contributed by atoms with Gasteiger partial charge in [0.05, 0.1) is 18.2 Å². The highest BCUT2D eigenvalue weighted by Crippen LogP contribution is 2.18. The first-order valence-electron chi connectivity index (χ1n) is 6.84. The van der Waals surface area contributed by atoms with Crippen molar-refractivity contribution >= 4 is 23.3 Å². The summed E-state index contributed by atoms with van der Waals surface area (Å²) in [6.07, 6.45) is 2.03. The maximum absolute atomic E-state index is 11.9. The number of aromatic carboxylic acids is 1. The molecular formula is C13H19N3O4S. The normalized spacial score (nSPS) is 20.8. The minimum absolute atomic E-state index is 0.00298. The van der Waals surface area contributed by atoms with E-state index in [2.05, 4.69) is 15.6 Å². The van der Waals surface area contributed by atoms with Crippen LogP contribution in [0.15, 0.2) is 5.38 Å². The van der Waals surface area contributed by atoms with Gasteiger partial charge in [-0.3, -0.25) is 0 Å². The maximum atomic E-state index is 11.9. The van der Waals surface area contributed by atoms with E-state index in [4.69, 9.17) is 9.84 Å². The number of hydrogen-bond donors (Lipinski definition) is 3. The standard InChI is InChI=1S/C13H19N3O4S/c1-7(10-4-3-5-20-10)14-13(19)15-8(2)11-16-9(6-21-11)12(17)18/h6-8,10H,3-5H2,1-2H3,(H,17,18)(H2,14,15,19). The Balaban J connectivity index is 1.84. The fourth-order valence-electron chi connectivity index (χ4n) is 2.18. The number of carboxylic acids is 1. The molecule has 1 fully saturated rings. The van der Waals surface area contributed by atoms with Crippen LogP contribution < -0.4 is 10.6 Å². The molecule has 3 unspecified atom stereocenters. The van der Waals surface area contributed by atoms with Gasteiger partial charge in [-0.05, 0) is 26.7 Å². The van der Waals surface area contributed by atoms with Crippen LogP contribution in [0.3, 0.4) is 0 Å². The number of amides is 2. The van der Waals surface area contributed by atoms with E-state index in [1.165, 1.54) is 16.7 Å². The van der Waals surface area contributed by atoms with E-state index < -0.39 is 5.97 Å². The fourth-order valence-corrected chi connectivity index (χ4v) is 2.98. The summed E-state index contributed by atoms with van der Waals surface area (Å²) in [6, 6.07) is -0.719. The molecule has 0 aliphatic carbocycles. The van der Waals surface area contributed by atoms with Gasteiger partial charge in [0.25, 0.3) is 0 Å². The first kappa shape index (κ1) is 15.7. The molecule has 1 aromatic heterocycles. The highest BCUT2D eigenvalue weighted by Gasteiger charge is 2.24. The molecule has 0 aromatic carbocycles. The molecule has 0 spiro atoms. The molecule has 21 heavy (non-hydrogen) atoms. The Morgan fingerprint density at radius 3 is 2.81 bits per heavy atom. The lowest BCUT2D eigenvalue weighted by atomic mass is 10.1. The van der Waals surface area contributed by atoms with E-state index in [-0.39, 0.29) is 29.9 Å². The number of nitrogens with one attached hydrogen (secondary N) is 2. The zero-order chi connectivity index (χ0) is 15.4. The van der Waals surface area contributed by atoms with Crippen LogP contribution in [-0.4, -0.2) is 40.8 Å². The molecule has 0 bridgehead atoms. The topological polar surface area (TPSA) is 101 Å². The molecule has 1 aromatic rings. The van der Waals surface area contributed by atoms with Crippen LogP contribution in [-0.2, 0) is 4.74 Å². The van der Waals surface area contributed by atoms with E-state index >= 15 is 0 Å². The fraction of sp³-hybridized carbons (Fsp3) is 0.615. The van der Waals surface area contributed by atoms with Gasteiger partial charge in [-0.2, -0.15) is 0 Å². The minimum atomic E-state index is -1.07. The van der Waals surface area contributed by atoms with Gasteiger partial charge in [0.15, 0.2) is 5.69 Å². The van der Waals surface area contributed by atoms with Crippen LogP contribution in [0.4, 0.5) is 4.79 Å². The van der Waals surface area contributed by atoms with Crippen molar-refractivity contribution in [3.8, 4) is 0 Å². The van der Waals surface area contributed by atoms with Crippen molar-refractivity contribution < 1.29 is 19.4 Å². The predicted molar refractivity (Wildman–Crippen MR) is 77.6 cm³/mol. The number of aromatic nitrogens is 1. The smallest absolute Gasteiger partial charge is 0.355 e. The number of thiazole rings is 1. The van der Waals surface area contributed by atoms with E-state index in [9.17, 15) is 9.59 Å². The van der Waals surface area contributed by atoms with Crippen LogP contribution in [0.2, 0.25) is 0 Å². The first-order valence-corrected chi connectivity index (χ1v) is 7.72. The van der Waals surface area contributed by atoms with Crippen molar-refractivity contribution in [2.24, 2.45) is 0 Å². The molecular weight excluding hydrogens is 294 g/mol. The maximum Gasteiger partial charge on any atom is 0.355 e. The zero-order valence-electron chi connectivity index (χ0n) is 12.0. The summed E-state index contributed by atoms with van der Waals surface area (Å²) in [4.78, 5) is 26.7. The number of carboxylic acid groups (broad SMARTS) is 1. The van der Waals surface area contributed by atoms with Gasteiger partial charge in [-0.15, -0.1) is 11.3 Å². The number of hydrogen-bond acceptors (Lipinski definition) is 5. The zero-order valence-corrected chi connectivity index (χ0v) is 12.8. The number of carbonyl (C=O) groups excluding carboxylic acids is 1. The van der Waals surface area contributed by atoms with Gasteiger partial charge in [0, 0.05) is 12.0 Å². The number of urea groups is 1. The van der Waals surface area contributed by atoms with Gasteiger partial charge < -0.3 is 20.5 Å². The van der Waals surface area contributed by atoms with Crippen molar-refractivity contribution in [3.05, 3.63) is 16.1 Å². The summed E-state index contributed by atoms with van der Waals surface area (Å²) >= 11 is 1.21. The molecule has 0 saturated carbocycles. The number of rotatable bonds is 5.